The molecule has 0 bridgehead atoms. The minimum atomic E-state index is -1.04. The molecule has 0 saturated heterocycles. The largest absolute Gasteiger partial charge is 1.00 e. The van der Waals surface area contributed by atoms with Crippen molar-refractivity contribution in [1.82, 2.24) is 0 Å². The predicted octanol–water partition coefficient (Wildman–Crippen LogP) is -0.257. The molecule has 8 atom stereocenters. The standard InChI is InChI=1S/C24H34O5.Na/c1-13(4-7-21(28)29)16-5-6-17-22-18(12-20(27)24(16,17)3)23(2)9-8-15(25)10-14(23)11-19(22)26;/h13-14,16-18,22H,4-12H2,1-3H3,(H,28,29);/q;+1/p-1/t13?,14-,16+,17-,18-,22-,23-,24+;/m1./s1. The van der Waals surface area contributed by atoms with Crippen LogP contribution in [0.1, 0.15) is 78.6 Å². The van der Waals surface area contributed by atoms with E-state index in [4.69, 9.17) is 0 Å². The fraction of sp³-hybridized carbons (Fsp3) is 0.833. The van der Waals surface area contributed by atoms with Crippen LogP contribution >= 0.6 is 0 Å². The summed E-state index contributed by atoms with van der Waals surface area (Å²) in [6, 6.07) is 0. The van der Waals surface area contributed by atoms with Crippen LogP contribution in [0.3, 0.4) is 0 Å². The number of Topliss-reactive ketones (excluding diaryl/α,β-unsaturated/α-hetero) is 3. The van der Waals surface area contributed by atoms with Crippen LogP contribution in [0.2, 0.25) is 0 Å². The van der Waals surface area contributed by atoms with E-state index < -0.39 is 11.4 Å². The smallest absolute Gasteiger partial charge is 0.550 e. The Morgan fingerprint density at radius 2 is 1.80 bits per heavy atom. The summed E-state index contributed by atoms with van der Waals surface area (Å²) in [7, 11) is 0. The molecule has 4 saturated carbocycles. The number of rotatable bonds is 4. The first-order valence-electron chi connectivity index (χ1n) is 11.4. The number of carbonyl (C=O) groups excluding carboxylic acids is 4. The van der Waals surface area contributed by atoms with Gasteiger partial charge in [-0.1, -0.05) is 20.8 Å². The molecular formula is C24H33NaO5. The summed E-state index contributed by atoms with van der Waals surface area (Å²) in [5.41, 5.74) is -0.627. The van der Waals surface area contributed by atoms with Crippen LogP contribution in [0.4, 0.5) is 0 Å². The Bertz CT molecular complexity index is 763. The molecule has 0 spiro atoms. The van der Waals surface area contributed by atoms with Gasteiger partial charge in [0.2, 0.25) is 0 Å². The van der Waals surface area contributed by atoms with Gasteiger partial charge in [-0.25, -0.2) is 0 Å². The van der Waals surface area contributed by atoms with Crippen molar-refractivity contribution in [2.45, 2.75) is 78.6 Å². The summed E-state index contributed by atoms with van der Waals surface area (Å²) in [5.74, 6) is 0.130. The van der Waals surface area contributed by atoms with Crippen LogP contribution in [0.5, 0.6) is 0 Å². The van der Waals surface area contributed by atoms with E-state index in [2.05, 4.69) is 13.8 Å². The third kappa shape index (κ3) is 3.57. The van der Waals surface area contributed by atoms with E-state index >= 15 is 0 Å². The SMILES string of the molecule is CC(CCC(=O)[O-])[C@@H]1CC[C@@H]2[C@H]3C(=O)C[C@H]4CC(=O)CC[C@@]4(C)[C@@H]3CC(=O)[C@]21C.[Na+]. The van der Waals surface area contributed by atoms with Crippen LogP contribution in [0, 0.1) is 46.3 Å². The molecule has 4 fully saturated rings. The Morgan fingerprint density at radius 1 is 1.10 bits per heavy atom. The van der Waals surface area contributed by atoms with E-state index in [0.29, 0.717) is 32.1 Å². The second-order valence-corrected chi connectivity index (χ2v) is 10.8. The van der Waals surface area contributed by atoms with Crippen molar-refractivity contribution in [3.05, 3.63) is 0 Å². The Balaban J connectivity index is 0.00000256. The Labute approximate surface area is 201 Å². The van der Waals surface area contributed by atoms with Gasteiger partial charge in [0.1, 0.15) is 17.3 Å². The quantitative estimate of drug-likeness (QED) is 0.580. The fourth-order valence-corrected chi connectivity index (χ4v) is 7.94. The summed E-state index contributed by atoms with van der Waals surface area (Å²) in [5, 5.41) is 10.9. The normalized spacial score (nSPS) is 43.8. The number of hydrogen-bond acceptors (Lipinski definition) is 5. The first-order valence-corrected chi connectivity index (χ1v) is 11.4. The van der Waals surface area contributed by atoms with Crippen LogP contribution < -0.4 is 34.7 Å². The zero-order valence-electron chi connectivity index (χ0n) is 18.9. The number of carbonyl (C=O) groups is 4. The molecule has 160 valence electrons. The molecular weight excluding hydrogens is 391 g/mol. The molecule has 0 radical (unpaired) electrons. The predicted molar refractivity (Wildman–Crippen MR) is 104 cm³/mol. The van der Waals surface area contributed by atoms with Crippen LogP contribution in [0.15, 0.2) is 0 Å². The molecule has 0 aliphatic heterocycles. The van der Waals surface area contributed by atoms with Gasteiger partial charge in [0.25, 0.3) is 0 Å². The van der Waals surface area contributed by atoms with Crippen molar-refractivity contribution in [3.63, 3.8) is 0 Å². The minimum Gasteiger partial charge on any atom is -0.550 e. The Kier molecular flexibility index (Phi) is 6.79. The van der Waals surface area contributed by atoms with E-state index in [1.54, 1.807) is 0 Å². The van der Waals surface area contributed by atoms with E-state index in [9.17, 15) is 24.3 Å². The number of carboxylic acids is 1. The van der Waals surface area contributed by atoms with Gasteiger partial charge >= 0.3 is 29.6 Å². The molecule has 4 aliphatic carbocycles. The van der Waals surface area contributed by atoms with Gasteiger partial charge in [-0.2, -0.15) is 0 Å². The number of carboxylic acid groups (broad SMARTS) is 1. The van der Waals surface area contributed by atoms with Crippen molar-refractivity contribution in [3.8, 4) is 0 Å². The number of fused-ring (bicyclic) bond motifs is 5. The first-order chi connectivity index (χ1) is 13.6. The van der Waals surface area contributed by atoms with Gasteiger partial charge < -0.3 is 9.90 Å². The number of ketones is 3. The summed E-state index contributed by atoms with van der Waals surface area (Å²) >= 11 is 0. The van der Waals surface area contributed by atoms with Gasteiger partial charge in [-0.3, -0.25) is 14.4 Å². The van der Waals surface area contributed by atoms with E-state index in [0.717, 1.165) is 19.3 Å². The third-order valence-electron chi connectivity index (χ3n) is 9.71. The monoisotopic (exact) mass is 424 g/mol. The van der Waals surface area contributed by atoms with Gasteiger partial charge in [0.15, 0.2) is 0 Å². The molecule has 0 amide bonds. The number of hydrogen-bond donors (Lipinski definition) is 0. The van der Waals surface area contributed by atoms with Crippen molar-refractivity contribution < 1.29 is 53.8 Å². The Morgan fingerprint density at radius 3 is 2.47 bits per heavy atom. The fourth-order valence-electron chi connectivity index (χ4n) is 7.94. The van der Waals surface area contributed by atoms with Gasteiger partial charge in [0, 0.05) is 43.0 Å². The maximum atomic E-state index is 13.6. The van der Waals surface area contributed by atoms with Crippen LogP contribution in [-0.2, 0) is 19.2 Å². The summed E-state index contributed by atoms with van der Waals surface area (Å²) < 4.78 is 0. The van der Waals surface area contributed by atoms with Crippen LogP contribution in [-0.4, -0.2) is 23.3 Å². The second-order valence-electron chi connectivity index (χ2n) is 10.8. The van der Waals surface area contributed by atoms with Crippen molar-refractivity contribution in [2.75, 3.05) is 0 Å². The van der Waals surface area contributed by atoms with E-state index in [1.165, 1.54) is 0 Å². The maximum absolute atomic E-state index is 13.6. The topological polar surface area (TPSA) is 91.3 Å². The minimum absolute atomic E-state index is 0. The average molecular weight is 425 g/mol. The zero-order chi connectivity index (χ0) is 21.1. The van der Waals surface area contributed by atoms with Crippen molar-refractivity contribution in [1.29, 1.82) is 0 Å². The molecule has 0 heterocycles. The molecule has 6 heteroatoms. The molecule has 0 aromatic rings. The third-order valence-corrected chi connectivity index (χ3v) is 9.71. The molecule has 4 rings (SSSR count). The molecule has 30 heavy (non-hydrogen) atoms. The molecule has 0 aromatic heterocycles. The molecule has 5 nitrogen and oxygen atoms in total. The molecule has 0 aromatic carbocycles. The van der Waals surface area contributed by atoms with Crippen molar-refractivity contribution in [2.24, 2.45) is 46.3 Å². The zero-order valence-corrected chi connectivity index (χ0v) is 20.9. The molecule has 0 N–H and O–H groups in total. The van der Waals surface area contributed by atoms with Gasteiger partial charge in [0.05, 0.1) is 0 Å². The summed E-state index contributed by atoms with van der Waals surface area (Å²) in [4.78, 5) is 49.8. The summed E-state index contributed by atoms with van der Waals surface area (Å²) in [6.45, 7) is 6.32. The summed E-state index contributed by atoms with van der Waals surface area (Å²) in [6.07, 6.45) is 5.08. The molecule has 4 aliphatic rings. The molecule has 1 unspecified atom stereocenters. The van der Waals surface area contributed by atoms with Crippen molar-refractivity contribution >= 4 is 23.3 Å². The van der Waals surface area contributed by atoms with Gasteiger partial charge in [-0.05, 0) is 67.1 Å². The maximum Gasteiger partial charge on any atom is 1.00 e. The van der Waals surface area contributed by atoms with E-state index in [-0.39, 0.29) is 94.3 Å². The number of aliphatic carboxylic acids is 1. The van der Waals surface area contributed by atoms with Crippen LogP contribution in [0.25, 0.3) is 0 Å². The second kappa shape index (κ2) is 8.44. The van der Waals surface area contributed by atoms with E-state index in [1.807, 2.05) is 6.92 Å². The first kappa shape index (κ1) is 24.1. The Hall–Kier alpha value is -0.520. The van der Waals surface area contributed by atoms with Gasteiger partial charge in [-0.15, -0.1) is 0 Å². The average Bonchev–Trinajstić information content (AvgIpc) is 3.01.